The Morgan fingerprint density at radius 2 is 2.26 bits per heavy atom. The van der Waals surface area contributed by atoms with Gasteiger partial charge in [-0.25, -0.2) is 0 Å². The summed E-state index contributed by atoms with van der Waals surface area (Å²) in [6.07, 6.45) is 3.27. The van der Waals surface area contributed by atoms with Gasteiger partial charge in [-0.2, -0.15) is 0 Å². The van der Waals surface area contributed by atoms with Crippen molar-refractivity contribution in [3.05, 3.63) is 30.1 Å². The minimum Gasteiger partial charge on any atom is -0.390 e. The van der Waals surface area contributed by atoms with E-state index in [-0.39, 0.29) is 12.1 Å². The van der Waals surface area contributed by atoms with E-state index in [0.717, 1.165) is 31.9 Å². The Hall–Kier alpha value is -1.01. The monoisotopic (exact) mass is 265 g/mol. The first-order chi connectivity index (χ1) is 9.25. The Balaban J connectivity index is 1.69. The zero-order valence-electron chi connectivity index (χ0n) is 11.5. The molecule has 2 atom stereocenters. The molecule has 2 N–H and O–H groups in total. The SMILES string of the molecule is C[C@H](NCC(O)CN1CCOCC1)c1cccnc1. The van der Waals surface area contributed by atoms with Crippen LogP contribution in [0.5, 0.6) is 0 Å². The highest BCUT2D eigenvalue weighted by atomic mass is 16.5. The number of nitrogens with zero attached hydrogens (tertiary/aromatic N) is 2. The zero-order chi connectivity index (χ0) is 13.5. The molecule has 1 saturated heterocycles. The van der Waals surface area contributed by atoms with Crippen molar-refractivity contribution in [3.8, 4) is 0 Å². The van der Waals surface area contributed by atoms with E-state index in [2.05, 4.69) is 22.1 Å². The van der Waals surface area contributed by atoms with Crippen molar-refractivity contribution in [2.45, 2.75) is 19.1 Å². The smallest absolute Gasteiger partial charge is 0.0791 e. The molecule has 5 nitrogen and oxygen atoms in total. The molecule has 2 rings (SSSR count). The first-order valence-electron chi connectivity index (χ1n) is 6.87. The third-order valence-corrected chi connectivity index (χ3v) is 3.42. The number of morpholine rings is 1. The van der Waals surface area contributed by atoms with Gasteiger partial charge in [-0.3, -0.25) is 9.88 Å². The molecule has 5 heteroatoms. The number of hydrogen-bond donors (Lipinski definition) is 2. The second kappa shape index (κ2) is 7.55. The van der Waals surface area contributed by atoms with Crippen molar-refractivity contribution in [1.82, 2.24) is 15.2 Å². The second-order valence-corrected chi connectivity index (χ2v) is 4.98. The van der Waals surface area contributed by atoms with Gasteiger partial charge in [0.1, 0.15) is 0 Å². The van der Waals surface area contributed by atoms with E-state index in [9.17, 15) is 5.11 Å². The third kappa shape index (κ3) is 4.87. The van der Waals surface area contributed by atoms with E-state index in [0.29, 0.717) is 13.1 Å². The van der Waals surface area contributed by atoms with Gasteiger partial charge in [-0.05, 0) is 18.6 Å². The summed E-state index contributed by atoms with van der Waals surface area (Å²) in [5, 5.41) is 13.4. The number of hydrogen-bond acceptors (Lipinski definition) is 5. The van der Waals surface area contributed by atoms with Crippen LogP contribution in [0.1, 0.15) is 18.5 Å². The number of nitrogens with one attached hydrogen (secondary N) is 1. The Kier molecular flexibility index (Phi) is 5.72. The molecular formula is C14H23N3O2. The van der Waals surface area contributed by atoms with Crippen molar-refractivity contribution in [2.75, 3.05) is 39.4 Å². The zero-order valence-corrected chi connectivity index (χ0v) is 11.5. The highest BCUT2D eigenvalue weighted by Gasteiger charge is 2.15. The molecule has 2 heterocycles. The number of aromatic nitrogens is 1. The van der Waals surface area contributed by atoms with Gasteiger partial charge in [0.05, 0.1) is 19.3 Å². The lowest BCUT2D eigenvalue weighted by molar-refractivity contribution is 0.0145. The van der Waals surface area contributed by atoms with Crippen LogP contribution >= 0.6 is 0 Å². The molecular weight excluding hydrogens is 242 g/mol. The van der Waals surface area contributed by atoms with E-state index in [1.165, 1.54) is 0 Å². The first-order valence-corrected chi connectivity index (χ1v) is 6.87. The van der Waals surface area contributed by atoms with Gasteiger partial charge in [0.15, 0.2) is 0 Å². The first kappa shape index (κ1) is 14.4. The van der Waals surface area contributed by atoms with Crippen LogP contribution < -0.4 is 5.32 Å². The van der Waals surface area contributed by atoms with Crippen molar-refractivity contribution in [3.63, 3.8) is 0 Å². The van der Waals surface area contributed by atoms with Crippen LogP contribution in [0.3, 0.4) is 0 Å². The molecule has 1 fully saturated rings. The number of aliphatic hydroxyl groups excluding tert-OH is 1. The molecule has 1 aromatic heterocycles. The van der Waals surface area contributed by atoms with Crippen LogP contribution in [-0.2, 0) is 4.74 Å². The largest absolute Gasteiger partial charge is 0.390 e. The summed E-state index contributed by atoms with van der Waals surface area (Å²) in [7, 11) is 0. The molecule has 0 bridgehead atoms. The Morgan fingerprint density at radius 3 is 2.95 bits per heavy atom. The molecule has 0 amide bonds. The number of aliphatic hydroxyl groups is 1. The summed E-state index contributed by atoms with van der Waals surface area (Å²) in [6, 6.07) is 4.17. The molecule has 106 valence electrons. The Labute approximate surface area is 114 Å². The molecule has 0 aromatic carbocycles. The fourth-order valence-corrected chi connectivity index (χ4v) is 2.21. The maximum Gasteiger partial charge on any atom is 0.0791 e. The van der Waals surface area contributed by atoms with Crippen LogP contribution in [0.15, 0.2) is 24.5 Å². The number of rotatable bonds is 6. The van der Waals surface area contributed by atoms with Gasteiger partial charge in [-0.15, -0.1) is 0 Å². The molecule has 1 unspecified atom stereocenters. The van der Waals surface area contributed by atoms with Crippen molar-refractivity contribution in [1.29, 1.82) is 0 Å². The maximum absolute atomic E-state index is 10.0. The fourth-order valence-electron chi connectivity index (χ4n) is 2.21. The van der Waals surface area contributed by atoms with Crippen molar-refractivity contribution >= 4 is 0 Å². The summed E-state index contributed by atoms with van der Waals surface area (Å²) < 4.78 is 5.29. The summed E-state index contributed by atoms with van der Waals surface area (Å²) in [4.78, 5) is 6.34. The van der Waals surface area contributed by atoms with Gasteiger partial charge >= 0.3 is 0 Å². The number of pyridine rings is 1. The topological polar surface area (TPSA) is 57.6 Å². The van der Waals surface area contributed by atoms with Crippen LogP contribution in [-0.4, -0.2) is 60.5 Å². The average Bonchev–Trinajstić information content (AvgIpc) is 2.47. The quantitative estimate of drug-likeness (QED) is 0.781. The fraction of sp³-hybridized carbons (Fsp3) is 0.643. The summed E-state index contributed by atoms with van der Waals surface area (Å²) in [5.74, 6) is 0. The van der Waals surface area contributed by atoms with Gasteiger partial charge in [0, 0.05) is 44.6 Å². The van der Waals surface area contributed by atoms with Crippen molar-refractivity contribution in [2.24, 2.45) is 0 Å². The molecule has 0 radical (unpaired) electrons. The van der Waals surface area contributed by atoms with E-state index in [1.54, 1.807) is 6.20 Å². The number of β-amino-alcohol motifs (C(OH)–C–C–N with tert-alkyl or cyclic N) is 1. The normalized spacial score (nSPS) is 20.1. The molecule has 0 saturated carbocycles. The predicted molar refractivity (Wildman–Crippen MR) is 73.9 cm³/mol. The highest BCUT2D eigenvalue weighted by molar-refractivity contribution is 5.12. The van der Waals surface area contributed by atoms with Gasteiger partial charge < -0.3 is 15.2 Å². The summed E-state index contributed by atoms with van der Waals surface area (Å²) in [5.41, 5.74) is 1.14. The maximum atomic E-state index is 10.0. The van der Waals surface area contributed by atoms with E-state index >= 15 is 0 Å². The average molecular weight is 265 g/mol. The van der Waals surface area contributed by atoms with Crippen LogP contribution in [0, 0.1) is 0 Å². The molecule has 19 heavy (non-hydrogen) atoms. The van der Waals surface area contributed by atoms with E-state index < -0.39 is 0 Å². The van der Waals surface area contributed by atoms with Gasteiger partial charge in [0.2, 0.25) is 0 Å². The van der Waals surface area contributed by atoms with E-state index in [4.69, 9.17) is 4.74 Å². The molecule has 0 spiro atoms. The van der Waals surface area contributed by atoms with Gasteiger partial charge in [-0.1, -0.05) is 6.07 Å². The van der Waals surface area contributed by atoms with Crippen molar-refractivity contribution < 1.29 is 9.84 Å². The number of ether oxygens (including phenoxy) is 1. The predicted octanol–water partition coefficient (Wildman–Crippen LogP) is 0.425. The standard InChI is InChI=1S/C14H23N3O2/c1-12(13-3-2-4-15-9-13)16-10-14(18)11-17-5-7-19-8-6-17/h2-4,9,12,14,16,18H,5-8,10-11H2,1H3/t12-,14?/m0/s1. The molecule has 1 aliphatic heterocycles. The molecule has 0 aliphatic carbocycles. The summed E-state index contributed by atoms with van der Waals surface area (Å²) >= 11 is 0. The van der Waals surface area contributed by atoms with E-state index in [1.807, 2.05) is 18.3 Å². The van der Waals surface area contributed by atoms with Crippen LogP contribution in [0.2, 0.25) is 0 Å². The summed E-state index contributed by atoms with van der Waals surface area (Å²) in [6.45, 7) is 6.74. The lowest BCUT2D eigenvalue weighted by Crippen LogP contribution is -2.44. The lowest BCUT2D eigenvalue weighted by atomic mass is 10.1. The minimum atomic E-state index is -0.350. The van der Waals surface area contributed by atoms with Crippen LogP contribution in [0.4, 0.5) is 0 Å². The molecule has 1 aromatic rings. The van der Waals surface area contributed by atoms with Gasteiger partial charge in [0.25, 0.3) is 0 Å². The van der Waals surface area contributed by atoms with Crippen LogP contribution in [0.25, 0.3) is 0 Å². The Bertz CT molecular complexity index is 355. The lowest BCUT2D eigenvalue weighted by Gasteiger charge is -2.29. The second-order valence-electron chi connectivity index (χ2n) is 4.98. The molecule has 1 aliphatic rings. The Morgan fingerprint density at radius 1 is 1.47 bits per heavy atom. The highest BCUT2D eigenvalue weighted by Crippen LogP contribution is 2.09. The minimum absolute atomic E-state index is 0.202. The third-order valence-electron chi connectivity index (χ3n) is 3.42.